The van der Waals surface area contributed by atoms with Crippen LogP contribution in [0, 0.1) is 0 Å². The number of fused-ring (bicyclic) bond motifs is 2. The lowest BCUT2D eigenvalue weighted by Gasteiger charge is -2.36. The van der Waals surface area contributed by atoms with Crippen molar-refractivity contribution >= 4 is 11.3 Å². The molecule has 0 N–H and O–H groups in total. The number of likely N-dealkylation sites (tertiary alicyclic amines) is 1. The second-order valence-electron chi connectivity index (χ2n) is 4.49. The third-order valence-corrected chi connectivity index (χ3v) is 4.70. The van der Waals surface area contributed by atoms with Crippen LogP contribution in [0.4, 0.5) is 0 Å². The van der Waals surface area contributed by atoms with Gasteiger partial charge in [0.1, 0.15) is 5.75 Å². The number of thiophene rings is 1. The maximum atomic E-state index is 5.76. The number of hydrogen-bond acceptors (Lipinski definition) is 3. The fourth-order valence-electron chi connectivity index (χ4n) is 2.50. The molecule has 0 bridgehead atoms. The Morgan fingerprint density at radius 2 is 2.00 bits per heavy atom. The Kier molecular flexibility index (Phi) is 3.55. The van der Waals surface area contributed by atoms with E-state index in [0.29, 0.717) is 5.41 Å². The van der Waals surface area contributed by atoms with E-state index in [9.17, 15) is 0 Å². The van der Waals surface area contributed by atoms with Gasteiger partial charge >= 0.3 is 0 Å². The van der Waals surface area contributed by atoms with Gasteiger partial charge in [-0.2, -0.15) is 0 Å². The fourth-order valence-corrected chi connectivity index (χ4v) is 3.58. The Labute approximate surface area is 102 Å². The highest BCUT2D eigenvalue weighted by Gasteiger charge is 2.43. The molecule has 0 radical (unpaired) electrons. The maximum Gasteiger partial charge on any atom is 0.133 e. The van der Waals surface area contributed by atoms with Gasteiger partial charge in [0.25, 0.3) is 0 Å². The highest BCUT2D eigenvalue weighted by Crippen LogP contribution is 2.48. The van der Waals surface area contributed by atoms with Crippen molar-refractivity contribution in [1.82, 2.24) is 4.90 Å². The summed E-state index contributed by atoms with van der Waals surface area (Å²) in [6.07, 6.45) is 2.52. The van der Waals surface area contributed by atoms with Gasteiger partial charge in [-0.05, 0) is 44.4 Å². The van der Waals surface area contributed by atoms with Gasteiger partial charge in [-0.1, -0.05) is 13.8 Å². The summed E-state index contributed by atoms with van der Waals surface area (Å²) in [6, 6.07) is 2.12. The Balaban J connectivity index is 0.000000457. The van der Waals surface area contributed by atoms with Crippen molar-refractivity contribution in [3.05, 3.63) is 16.3 Å². The highest BCUT2D eigenvalue weighted by atomic mass is 32.1. The number of nitrogens with zero attached hydrogens (tertiary/aromatic N) is 1. The Bertz CT molecular complexity index is 339. The molecule has 1 spiro atoms. The van der Waals surface area contributed by atoms with Crippen LogP contribution in [0.5, 0.6) is 5.75 Å². The van der Waals surface area contributed by atoms with Gasteiger partial charge in [-0.15, -0.1) is 11.3 Å². The average molecular weight is 239 g/mol. The minimum Gasteiger partial charge on any atom is -0.491 e. The number of ether oxygens (including phenoxy) is 1. The maximum absolute atomic E-state index is 5.76. The molecule has 3 heteroatoms. The fraction of sp³-hybridized carbons (Fsp3) is 0.692. The summed E-state index contributed by atoms with van der Waals surface area (Å²) in [5.74, 6) is 1.15. The molecule has 2 aliphatic heterocycles. The van der Waals surface area contributed by atoms with Crippen LogP contribution in [-0.4, -0.2) is 31.6 Å². The van der Waals surface area contributed by atoms with E-state index in [1.165, 1.54) is 30.8 Å². The van der Waals surface area contributed by atoms with Crippen molar-refractivity contribution in [2.24, 2.45) is 0 Å². The van der Waals surface area contributed by atoms with E-state index in [-0.39, 0.29) is 0 Å². The van der Waals surface area contributed by atoms with Crippen molar-refractivity contribution in [3.8, 4) is 5.75 Å². The van der Waals surface area contributed by atoms with E-state index in [0.717, 1.165) is 12.4 Å². The first-order chi connectivity index (χ1) is 7.80. The van der Waals surface area contributed by atoms with Crippen molar-refractivity contribution in [2.45, 2.75) is 32.1 Å². The van der Waals surface area contributed by atoms with Gasteiger partial charge in [0, 0.05) is 5.41 Å². The minimum atomic E-state index is 0.371. The lowest BCUT2D eigenvalue weighted by molar-refractivity contribution is 0.156. The van der Waals surface area contributed by atoms with Crippen molar-refractivity contribution in [1.29, 1.82) is 0 Å². The van der Waals surface area contributed by atoms with Gasteiger partial charge in [-0.3, -0.25) is 0 Å². The molecule has 2 nitrogen and oxygen atoms in total. The molecular weight excluding hydrogens is 218 g/mol. The van der Waals surface area contributed by atoms with E-state index in [1.807, 2.05) is 25.2 Å². The van der Waals surface area contributed by atoms with Gasteiger partial charge in [0.15, 0.2) is 0 Å². The molecule has 3 heterocycles. The molecule has 1 aromatic rings. The van der Waals surface area contributed by atoms with Crippen LogP contribution >= 0.6 is 11.3 Å². The molecule has 0 unspecified atom stereocenters. The largest absolute Gasteiger partial charge is 0.491 e. The first kappa shape index (κ1) is 11.9. The Hall–Kier alpha value is -0.540. The Morgan fingerprint density at radius 1 is 1.31 bits per heavy atom. The summed E-state index contributed by atoms with van der Waals surface area (Å²) in [5, 5.41) is 2.16. The zero-order chi connectivity index (χ0) is 11.6. The third-order valence-electron chi connectivity index (χ3n) is 3.56. The number of hydrogen-bond donors (Lipinski definition) is 0. The van der Waals surface area contributed by atoms with Crippen LogP contribution in [0.3, 0.4) is 0 Å². The summed E-state index contributed by atoms with van der Waals surface area (Å²) >= 11 is 1.88. The smallest absolute Gasteiger partial charge is 0.133 e. The van der Waals surface area contributed by atoms with Crippen LogP contribution in [0.1, 0.15) is 31.6 Å². The van der Waals surface area contributed by atoms with Gasteiger partial charge in [0.05, 0.1) is 11.5 Å². The molecule has 1 aromatic heterocycles. The van der Waals surface area contributed by atoms with E-state index < -0.39 is 0 Å². The van der Waals surface area contributed by atoms with E-state index in [1.54, 1.807) is 0 Å². The van der Waals surface area contributed by atoms with Crippen molar-refractivity contribution < 1.29 is 4.74 Å². The summed E-state index contributed by atoms with van der Waals surface area (Å²) in [5.41, 5.74) is 0.371. The topological polar surface area (TPSA) is 12.5 Å². The second kappa shape index (κ2) is 4.76. The molecule has 2 aliphatic rings. The van der Waals surface area contributed by atoms with Crippen LogP contribution < -0.4 is 4.74 Å². The molecule has 1 saturated heterocycles. The normalized spacial score (nSPS) is 22.2. The van der Waals surface area contributed by atoms with Crippen molar-refractivity contribution in [3.63, 3.8) is 0 Å². The van der Waals surface area contributed by atoms with E-state index in [4.69, 9.17) is 4.74 Å². The summed E-state index contributed by atoms with van der Waals surface area (Å²) in [7, 11) is 2.21. The molecule has 0 aliphatic carbocycles. The Morgan fingerprint density at radius 3 is 2.69 bits per heavy atom. The predicted molar refractivity (Wildman–Crippen MR) is 69.6 cm³/mol. The van der Waals surface area contributed by atoms with Gasteiger partial charge in [-0.25, -0.2) is 0 Å². The van der Waals surface area contributed by atoms with Crippen LogP contribution in [0.2, 0.25) is 0 Å². The molecule has 1 fully saturated rings. The van der Waals surface area contributed by atoms with E-state index in [2.05, 4.69) is 23.4 Å². The average Bonchev–Trinajstić information content (AvgIpc) is 2.90. The molecule has 0 atom stereocenters. The lowest BCUT2D eigenvalue weighted by Crippen LogP contribution is -2.41. The molecule has 90 valence electrons. The monoisotopic (exact) mass is 239 g/mol. The van der Waals surface area contributed by atoms with Crippen LogP contribution in [-0.2, 0) is 5.41 Å². The van der Waals surface area contributed by atoms with Crippen molar-refractivity contribution in [2.75, 3.05) is 26.7 Å². The molecular formula is C13H21NOS. The molecule has 0 saturated carbocycles. The molecule has 0 amide bonds. The van der Waals surface area contributed by atoms with Crippen LogP contribution in [0.15, 0.2) is 11.4 Å². The molecule has 16 heavy (non-hydrogen) atoms. The zero-order valence-corrected chi connectivity index (χ0v) is 11.3. The van der Waals surface area contributed by atoms with Gasteiger partial charge in [0.2, 0.25) is 0 Å². The number of piperidine rings is 1. The highest BCUT2D eigenvalue weighted by molar-refractivity contribution is 7.10. The van der Waals surface area contributed by atoms with Gasteiger partial charge < -0.3 is 9.64 Å². The second-order valence-corrected chi connectivity index (χ2v) is 5.40. The minimum absolute atomic E-state index is 0.371. The van der Waals surface area contributed by atoms with Crippen LogP contribution in [0.25, 0.3) is 0 Å². The predicted octanol–water partition coefficient (Wildman–Crippen LogP) is 3.13. The third kappa shape index (κ3) is 1.87. The van der Waals surface area contributed by atoms with E-state index >= 15 is 0 Å². The summed E-state index contributed by atoms with van der Waals surface area (Å²) in [6.45, 7) is 7.34. The summed E-state index contributed by atoms with van der Waals surface area (Å²) < 4.78 is 5.76. The number of rotatable bonds is 0. The first-order valence-electron chi connectivity index (χ1n) is 6.19. The SMILES string of the molecule is CC.CN1CCC2(CC1)COc1ccsc12. The summed E-state index contributed by atoms with van der Waals surface area (Å²) in [4.78, 5) is 3.92. The quantitative estimate of drug-likeness (QED) is 0.689. The standard InChI is InChI=1S/C11H15NOS.C2H6/c1-12-5-3-11(4-6-12)8-13-9-2-7-14-10(9)11;1-2/h2,7H,3-6,8H2,1H3;1-2H3. The zero-order valence-electron chi connectivity index (χ0n) is 10.5. The lowest BCUT2D eigenvalue weighted by atomic mass is 9.79. The molecule has 3 rings (SSSR count). The first-order valence-corrected chi connectivity index (χ1v) is 7.07. The molecule has 0 aromatic carbocycles.